The fraction of sp³-hybridized carbons (Fsp3) is 0.227. The molecule has 1 aromatic carbocycles. The predicted molar refractivity (Wildman–Crippen MR) is 110 cm³/mol. The monoisotopic (exact) mass is 374 g/mol. The third-order valence-corrected chi connectivity index (χ3v) is 4.95. The Kier molecular flexibility index (Phi) is 4.69. The molecule has 0 radical (unpaired) electrons. The van der Waals surface area contributed by atoms with Gasteiger partial charge < -0.3 is 9.88 Å². The normalized spacial score (nSPS) is 11.2. The number of amides is 1. The molecule has 1 N–H and O–H groups in total. The van der Waals surface area contributed by atoms with Gasteiger partial charge in [-0.1, -0.05) is 36.4 Å². The molecule has 0 aliphatic carbocycles. The topological polar surface area (TPSA) is 68.4 Å². The number of nitrogens with zero attached hydrogens (tertiary/aromatic N) is 3. The molecule has 4 rings (SSSR count). The van der Waals surface area contributed by atoms with Gasteiger partial charge in [-0.25, -0.2) is 4.98 Å². The lowest BCUT2D eigenvalue weighted by Gasteiger charge is -2.07. The number of aromatic nitrogens is 3. The summed E-state index contributed by atoms with van der Waals surface area (Å²) >= 11 is 0. The molecule has 0 saturated carbocycles. The maximum Gasteiger partial charge on any atom is 0.267 e. The lowest BCUT2D eigenvalue weighted by atomic mass is 10.1. The molecule has 0 bridgehead atoms. The van der Waals surface area contributed by atoms with E-state index in [1.807, 2.05) is 37.3 Å². The lowest BCUT2D eigenvalue weighted by molar-refractivity contribution is 0.0945. The highest BCUT2D eigenvalue weighted by atomic mass is 16.2. The van der Waals surface area contributed by atoms with E-state index in [-0.39, 0.29) is 11.5 Å². The summed E-state index contributed by atoms with van der Waals surface area (Å²) < 4.78 is 3.21. The van der Waals surface area contributed by atoms with Crippen molar-refractivity contribution in [3.63, 3.8) is 0 Å². The highest BCUT2D eigenvalue weighted by Crippen LogP contribution is 2.15. The summed E-state index contributed by atoms with van der Waals surface area (Å²) in [6, 6.07) is 15.5. The van der Waals surface area contributed by atoms with E-state index in [2.05, 4.69) is 22.4 Å². The molecule has 0 unspecified atom stereocenters. The summed E-state index contributed by atoms with van der Waals surface area (Å²) in [7, 11) is 1.76. The van der Waals surface area contributed by atoms with E-state index < -0.39 is 0 Å². The van der Waals surface area contributed by atoms with Crippen LogP contribution in [0.2, 0.25) is 0 Å². The SMILES string of the molecule is Cc1ccc2nc3c(cc(C(=O)NCCCc4ccccc4)n3C)c(=O)n2c1. The molecule has 0 spiro atoms. The number of fused-ring (bicyclic) bond motifs is 2. The van der Waals surface area contributed by atoms with Crippen molar-refractivity contribution in [3.05, 3.63) is 81.9 Å². The van der Waals surface area contributed by atoms with Crippen LogP contribution in [0.25, 0.3) is 16.7 Å². The van der Waals surface area contributed by atoms with E-state index in [0.717, 1.165) is 18.4 Å². The molecule has 0 aliphatic heterocycles. The Bertz CT molecular complexity index is 1220. The van der Waals surface area contributed by atoms with Crippen LogP contribution in [0.15, 0.2) is 59.5 Å². The first kappa shape index (κ1) is 18.0. The lowest BCUT2D eigenvalue weighted by Crippen LogP contribution is -2.26. The predicted octanol–water partition coefficient (Wildman–Crippen LogP) is 2.86. The standard InChI is InChI=1S/C22H22N4O2/c1-15-10-11-19-24-20-17(22(28)26(19)14-15)13-18(25(20)2)21(27)23-12-6-9-16-7-4-3-5-8-16/h3-5,7-8,10-11,13-14H,6,9,12H2,1-2H3,(H,23,27). The van der Waals surface area contributed by atoms with Gasteiger partial charge in [-0.2, -0.15) is 0 Å². The fourth-order valence-electron chi connectivity index (χ4n) is 3.42. The summed E-state index contributed by atoms with van der Waals surface area (Å²) in [6.45, 7) is 2.50. The van der Waals surface area contributed by atoms with E-state index in [1.54, 1.807) is 23.9 Å². The van der Waals surface area contributed by atoms with E-state index in [9.17, 15) is 9.59 Å². The van der Waals surface area contributed by atoms with E-state index in [1.165, 1.54) is 9.96 Å². The Morgan fingerprint density at radius 2 is 1.93 bits per heavy atom. The zero-order valence-electron chi connectivity index (χ0n) is 16.0. The molecule has 0 aliphatic rings. The average Bonchev–Trinajstić information content (AvgIpc) is 3.04. The van der Waals surface area contributed by atoms with Crippen molar-refractivity contribution in [1.29, 1.82) is 0 Å². The minimum absolute atomic E-state index is 0.164. The molecule has 28 heavy (non-hydrogen) atoms. The molecular weight excluding hydrogens is 352 g/mol. The number of aryl methyl sites for hydroxylation is 3. The number of nitrogens with one attached hydrogen (secondary N) is 1. The summed E-state index contributed by atoms with van der Waals surface area (Å²) in [6.07, 6.45) is 3.52. The van der Waals surface area contributed by atoms with Crippen LogP contribution >= 0.6 is 0 Å². The summed E-state index contributed by atoms with van der Waals surface area (Å²) in [5, 5.41) is 3.39. The van der Waals surface area contributed by atoms with Crippen molar-refractivity contribution >= 4 is 22.6 Å². The summed E-state index contributed by atoms with van der Waals surface area (Å²) in [4.78, 5) is 30.0. The molecule has 6 nitrogen and oxygen atoms in total. The zero-order valence-corrected chi connectivity index (χ0v) is 16.0. The Morgan fingerprint density at radius 3 is 2.71 bits per heavy atom. The smallest absolute Gasteiger partial charge is 0.267 e. The van der Waals surface area contributed by atoms with Gasteiger partial charge in [0, 0.05) is 19.8 Å². The average molecular weight is 374 g/mol. The highest BCUT2D eigenvalue weighted by Gasteiger charge is 2.17. The van der Waals surface area contributed by atoms with Crippen molar-refractivity contribution in [2.45, 2.75) is 19.8 Å². The zero-order chi connectivity index (χ0) is 19.7. The van der Waals surface area contributed by atoms with E-state index in [4.69, 9.17) is 0 Å². The second-order valence-corrected chi connectivity index (χ2v) is 7.02. The van der Waals surface area contributed by atoms with E-state index >= 15 is 0 Å². The van der Waals surface area contributed by atoms with Crippen molar-refractivity contribution in [3.8, 4) is 0 Å². The molecule has 0 atom stereocenters. The molecular formula is C22H22N4O2. The number of hydrogen-bond acceptors (Lipinski definition) is 3. The molecule has 3 aromatic heterocycles. The first-order valence-electron chi connectivity index (χ1n) is 9.35. The quantitative estimate of drug-likeness (QED) is 0.546. The maximum absolute atomic E-state index is 12.8. The van der Waals surface area contributed by atoms with Crippen LogP contribution in [0.4, 0.5) is 0 Å². The molecule has 4 aromatic rings. The van der Waals surface area contributed by atoms with Crippen LogP contribution in [0.3, 0.4) is 0 Å². The fourth-order valence-corrected chi connectivity index (χ4v) is 3.42. The van der Waals surface area contributed by atoms with Gasteiger partial charge in [0.25, 0.3) is 11.5 Å². The Hall–Kier alpha value is -3.41. The van der Waals surface area contributed by atoms with Gasteiger partial charge in [-0.05, 0) is 43.0 Å². The summed E-state index contributed by atoms with van der Waals surface area (Å²) in [5.41, 5.74) is 3.58. The second kappa shape index (κ2) is 7.31. The van der Waals surface area contributed by atoms with Gasteiger partial charge in [0.05, 0.1) is 5.39 Å². The Balaban J connectivity index is 1.55. The van der Waals surface area contributed by atoms with Gasteiger partial charge in [0.15, 0.2) is 0 Å². The minimum Gasteiger partial charge on any atom is -0.351 e. The van der Waals surface area contributed by atoms with Crippen LogP contribution in [0.5, 0.6) is 0 Å². The summed E-state index contributed by atoms with van der Waals surface area (Å²) in [5.74, 6) is -0.196. The van der Waals surface area contributed by atoms with Gasteiger partial charge >= 0.3 is 0 Å². The number of benzene rings is 1. The molecule has 0 saturated heterocycles. The van der Waals surface area contributed by atoms with Crippen molar-refractivity contribution in [2.24, 2.45) is 7.05 Å². The maximum atomic E-state index is 12.8. The van der Waals surface area contributed by atoms with Crippen molar-refractivity contribution < 1.29 is 4.79 Å². The van der Waals surface area contributed by atoms with Crippen molar-refractivity contribution in [1.82, 2.24) is 19.3 Å². The largest absolute Gasteiger partial charge is 0.351 e. The highest BCUT2D eigenvalue weighted by molar-refractivity contribution is 5.98. The first-order chi connectivity index (χ1) is 13.5. The number of rotatable bonds is 5. The van der Waals surface area contributed by atoms with Gasteiger partial charge in [0.2, 0.25) is 0 Å². The molecule has 3 heterocycles. The van der Waals surface area contributed by atoms with Gasteiger partial charge in [0.1, 0.15) is 17.0 Å². The van der Waals surface area contributed by atoms with Crippen LogP contribution < -0.4 is 10.9 Å². The number of pyridine rings is 1. The van der Waals surface area contributed by atoms with Crippen LogP contribution in [0, 0.1) is 6.92 Å². The molecule has 1 amide bonds. The van der Waals surface area contributed by atoms with Gasteiger partial charge in [-0.3, -0.25) is 14.0 Å². The number of hydrogen-bond donors (Lipinski definition) is 1. The molecule has 142 valence electrons. The van der Waals surface area contributed by atoms with Crippen LogP contribution in [-0.2, 0) is 13.5 Å². The van der Waals surface area contributed by atoms with Crippen LogP contribution in [-0.4, -0.2) is 26.4 Å². The van der Waals surface area contributed by atoms with Crippen LogP contribution in [0.1, 0.15) is 28.0 Å². The third kappa shape index (κ3) is 3.29. The van der Waals surface area contributed by atoms with Gasteiger partial charge in [-0.15, -0.1) is 0 Å². The van der Waals surface area contributed by atoms with Crippen molar-refractivity contribution in [2.75, 3.05) is 6.54 Å². The van der Waals surface area contributed by atoms with E-state index in [0.29, 0.717) is 28.9 Å². The Labute approximate surface area is 162 Å². The number of carbonyl (C=O) groups is 1. The second-order valence-electron chi connectivity index (χ2n) is 7.02. The molecule has 0 fully saturated rings. The Morgan fingerprint density at radius 1 is 1.14 bits per heavy atom. The molecule has 6 heteroatoms. The first-order valence-corrected chi connectivity index (χ1v) is 9.35. The minimum atomic E-state index is -0.196. The third-order valence-electron chi connectivity index (χ3n) is 4.95. The number of carbonyl (C=O) groups excluding carboxylic acids is 1.